The molecule has 0 spiro atoms. The van der Waals surface area contributed by atoms with Crippen molar-refractivity contribution < 1.29 is 9.00 Å². The summed E-state index contributed by atoms with van der Waals surface area (Å²) in [6, 6.07) is 11.2. The second kappa shape index (κ2) is 6.13. The van der Waals surface area contributed by atoms with Gasteiger partial charge in [-0.2, -0.15) is 0 Å². The quantitative estimate of drug-likeness (QED) is 0.866. The molecule has 0 saturated heterocycles. The summed E-state index contributed by atoms with van der Waals surface area (Å²) in [5.41, 5.74) is 1.22. The molecule has 0 fully saturated rings. The average molecular weight is 290 g/mol. The lowest BCUT2D eigenvalue weighted by molar-refractivity contribution is 0.0751. The molecule has 1 aromatic carbocycles. The summed E-state index contributed by atoms with van der Waals surface area (Å²) < 4.78 is 11.3. The van der Waals surface area contributed by atoms with Gasteiger partial charge >= 0.3 is 0 Å². The lowest BCUT2D eigenvalue weighted by Gasteiger charge is -2.23. The second-order valence-corrected chi connectivity index (χ2v) is 6.37. The third-order valence-electron chi connectivity index (χ3n) is 3.27. The summed E-state index contributed by atoms with van der Waals surface area (Å²) in [6.45, 7) is 1.89. The highest BCUT2D eigenvalue weighted by atomic mass is 32.2. The van der Waals surface area contributed by atoms with Crippen molar-refractivity contribution in [3.63, 3.8) is 0 Å². The Labute approximate surface area is 121 Å². The number of carbonyl (C=O) groups is 1. The molecule has 0 aliphatic heterocycles. The molecule has 0 aliphatic rings. The molecule has 0 saturated carbocycles. The van der Waals surface area contributed by atoms with E-state index in [9.17, 15) is 9.00 Å². The third kappa shape index (κ3) is 3.22. The van der Waals surface area contributed by atoms with Crippen LogP contribution in [-0.4, -0.2) is 45.1 Å². The molecule has 20 heavy (non-hydrogen) atoms. The van der Waals surface area contributed by atoms with E-state index >= 15 is 0 Å². The lowest BCUT2D eigenvalue weighted by Crippen LogP contribution is -2.38. The zero-order chi connectivity index (χ0) is 14.7. The summed E-state index contributed by atoms with van der Waals surface area (Å²) >= 11 is 0. The van der Waals surface area contributed by atoms with Crippen LogP contribution in [0.1, 0.15) is 17.4 Å². The molecule has 0 bridgehead atoms. The van der Waals surface area contributed by atoms with E-state index in [1.165, 1.54) is 0 Å². The van der Waals surface area contributed by atoms with Gasteiger partial charge in [0.15, 0.2) is 0 Å². The molecule has 0 unspecified atom stereocenters. The fraction of sp³-hybridized carbons (Fsp3) is 0.333. The van der Waals surface area contributed by atoms with Gasteiger partial charge < -0.3 is 4.90 Å². The Morgan fingerprint density at radius 2 is 2.00 bits per heavy atom. The van der Waals surface area contributed by atoms with E-state index in [4.69, 9.17) is 0 Å². The van der Waals surface area contributed by atoms with Crippen LogP contribution in [0.3, 0.4) is 0 Å². The van der Waals surface area contributed by atoms with Crippen LogP contribution in [0.15, 0.2) is 36.4 Å². The number of aromatic nitrogens is 1. The minimum absolute atomic E-state index is 0.0818. The summed E-state index contributed by atoms with van der Waals surface area (Å²) in [4.78, 5) is 18.4. The number of benzene rings is 1. The average Bonchev–Trinajstić information content (AvgIpc) is 2.44. The van der Waals surface area contributed by atoms with Crippen molar-refractivity contribution in [2.45, 2.75) is 13.0 Å². The molecule has 1 aromatic heterocycles. The van der Waals surface area contributed by atoms with Gasteiger partial charge in [0.05, 0.1) is 5.52 Å². The Bertz CT molecular complexity index is 657. The fourth-order valence-electron chi connectivity index (χ4n) is 2.02. The molecule has 0 N–H and O–H groups in total. The van der Waals surface area contributed by atoms with Crippen molar-refractivity contribution in [2.24, 2.45) is 0 Å². The standard InChI is InChI=1S/C15H18N2O2S/c1-11(10-20(3)19)17(2)15(18)14-9-8-12-6-4-5-7-13(12)16-14/h4-9,11H,10H2,1-3H3/t11-,20+/m1/s1. The maximum Gasteiger partial charge on any atom is 0.272 e. The lowest BCUT2D eigenvalue weighted by atomic mass is 10.2. The Morgan fingerprint density at radius 3 is 2.70 bits per heavy atom. The zero-order valence-electron chi connectivity index (χ0n) is 11.9. The molecule has 106 valence electrons. The Hall–Kier alpha value is -1.75. The summed E-state index contributed by atoms with van der Waals surface area (Å²) in [5, 5.41) is 1.01. The van der Waals surface area contributed by atoms with Gasteiger partial charge in [0, 0.05) is 41.3 Å². The van der Waals surface area contributed by atoms with Crippen LogP contribution in [0.5, 0.6) is 0 Å². The first-order valence-corrected chi connectivity index (χ1v) is 8.14. The van der Waals surface area contributed by atoms with Crippen molar-refractivity contribution in [1.82, 2.24) is 9.88 Å². The first kappa shape index (κ1) is 14.7. The highest BCUT2D eigenvalue weighted by molar-refractivity contribution is 7.84. The van der Waals surface area contributed by atoms with Gasteiger partial charge in [-0.15, -0.1) is 0 Å². The van der Waals surface area contributed by atoms with Gasteiger partial charge in [-0.1, -0.05) is 24.3 Å². The van der Waals surface area contributed by atoms with E-state index in [2.05, 4.69) is 4.98 Å². The SMILES string of the molecule is C[C@H](C[S@](C)=O)N(C)C(=O)c1ccc2ccccc2n1. The highest BCUT2D eigenvalue weighted by Crippen LogP contribution is 2.13. The number of hydrogen-bond acceptors (Lipinski definition) is 3. The minimum Gasteiger partial charge on any atom is -0.337 e. The maximum atomic E-state index is 12.4. The van der Waals surface area contributed by atoms with E-state index in [-0.39, 0.29) is 11.9 Å². The van der Waals surface area contributed by atoms with Crippen LogP contribution in [0.4, 0.5) is 0 Å². The number of para-hydroxylation sites is 1. The predicted octanol–water partition coefficient (Wildman–Crippen LogP) is 2.07. The van der Waals surface area contributed by atoms with Crippen LogP contribution in [-0.2, 0) is 10.8 Å². The van der Waals surface area contributed by atoms with Gasteiger partial charge in [0.25, 0.3) is 5.91 Å². The molecule has 2 aromatic rings. The number of amides is 1. The van der Waals surface area contributed by atoms with E-state index in [1.54, 1.807) is 24.3 Å². The zero-order valence-corrected chi connectivity index (χ0v) is 12.7. The molecule has 2 rings (SSSR count). The van der Waals surface area contributed by atoms with Gasteiger partial charge in [0.1, 0.15) is 5.69 Å². The van der Waals surface area contributed by atoms with Crippen molar-refractivity contribution >= 4 is 27.6 Å². The number of rotatable bonds is 4. The van der Waals surface area contributed by atoms with E-state index in [0.29, 0.717) is 11.4 Å². The van der Waals surface area contributed by atoms with Crippen LogP contribution in [0.25, 0.3) is 10.9 Å². The second-order valence-electron chi connectivity index (χ2n) is 4.89. The van der Waals surface area contributed by atoms with E-state index in [1.807, 2.05) is 37.3 Å². The third-order valence-corrected chi connectivity index (χ3v) is 4.23. The van der Waals surface area contributed by atoms with Gasteiger partial charge in [-0.05, 0) is 19.1 Å². The van der Waals surface area contributed by atoms with E-state index < -0.39 is 10.8 Å². The molecule has 4 nitrogen and oxygen atoms in total. The highest BCUT2D eigenvalue weighted by Gasteiger charge is 2.19. The topological polar surface area (TPSA) is 50.3 Å². The Morgan fingerprint density at radius 1 is 1.30 bits per heavy atom. The monoisotopic (exact) mass is 290 g/mol. The Balaban J connectivity index is 2.24. The maximum absolute atomic E-state index is 12.4. The van der Waals surface area contributed by atoms with Gasteiger partial charge in [-0.3, -0.25) is 9.00 Å². The van der Waals surface area contributed by atoms with Crippen molar-refractivity contribution in [3.05, 3.63) is 42.1 Å². The predicted molar refractivity (Wildman–Crippen MR) is 82.2 cm³/mol. The Kier molecular flexibility index (Phi) is 4.49. The van der Waals surface area contributed by atoms with Crippen LogP contribution >= 0.6 is 0 Å². The summed E-state index contributed by atoms with van der Waals surface area (Å²) in [6.07, 6.45) is 1.64. The number of fused-ring (bicyclic) bond motifs is 1. The van der Waals surface area contributed by atoms with Gasteiger partial charge in [-0.25, -0.2) is 4.98 Å². The summed E-state index contributed by atoms with van der Waals surface area (Å²) in [7, 11) is 0.793. The fourth-order valence-corrected chi connectivity index (χ4v) is 2.92. The van der Waals surface area contributed by atoms with Gasteiger partial charge in [0.2, 0.25) is 0 Å². The first-order valence-electron chi connectivity index (χ1n) is 6.42. The van der Waals surface area contributed by atoms with Crippen molar-refractivity contribution in [2.75, 3.05) is 19.1 Å². The van der Waals surface area contributed by atoms with Crippen LogP contribution in [0, 0.1) is 0 Å². The molecular weight excluding hydrogens is 272 g/mol. The normalized spacial score (nSPS) is 13.9. The van der Waals surface area contributed by atoms with E-state index in [0.717, 1.165) is 10.9 Å². The van der Waals surface area contributed by atoms with Crippen LogP contribution in [0.2, 0.25) is 0 Å². The first-order chi connectivity index (χ1) is 9.49. The number of pyridine rings is 1. The smallest absolute Gasteiger partial charge is 0.272 e. The number of hydrogen-bond donors (Lipinski definition) is 0. The molecule has 1 heterocycles. The molecule has 5 heteroatoms. The number of carbonyl (C=O) groups excluding carboxylic acids is 1. The largest absolute Gasteiger partial charge is 0.337 e. The number of nitrogens with zero attached hydrogens (tertiary/aromatic N) is 2. The van der Waals surface area contributed by atoms with Crippen molar-refractivity contribution in [1.29, 1.82) is 0 Å². The molecular formula is C15H18N2O2S. The minimum atomic E-state index is -0.926. The van der Waals surface area contributed by atoms with Crippen molar-refractivity contribution in [3.8, 4) is 0 Å². The molecule has 2 atom stereocenters. The molecule has 0 aliphatic carbocycles. The molecule has 1 amide bonds. The van der Waals surface area contributed by atoms with Crippen LogP contribution < -0.4 is 0 Å². The molecule has 0 radical (unpaired) electrons. The summed E-state index contributed by atoms with van der Waals surface area (Å²) in [5.74, 6) is 0.323.